The van der Waals surface area contributed by atoms with Gasteiger partial charge in [-0.05, 0) is 17.7 Å². The van der Waals surface area contributed by atoms with Crippen molar-refractivity contribution in [2.75, 3.05) is 5.32 Å². The summed E-state index contributed by atoms with van der Waals surface area (Å²) in [5.41, 5.74) is -0.504. The maximum atomic E-state index is 13.6. The number of anilines is 1. The molecule has 0 unspecified atom stereocenters. The van der Waals surface area contributed by atoms with E-state index in [1.165, 1.54) is 24.3 Å². The van der Waals surface area contributed by atoms with Crippen molar-refractivity contribution >= 4 is 11.4 Å². The molecule has 0 fully saturated rings. The van der Waals surface area contributed by atoms with Gasteiger partial charge in [0.25, 0.3) is 5.69 Å². The molecule has 2 aromatic carbocycles. The van der Waals surface area contributed by atoms with Crippen LogP contribution < -0.4 is 5.32 Å². The fourth-order valence-electron chi connectivity index (χ4n) is 1.63. The molecule has 0 amide bonds. The van der Waals surface area contributed by atoms with Gasteiger partial charge in [-0.3, -0.25) is 10.1 Å². The fourth-order valence-corrected chi connectivity index (χ4v) is 1.63. The zero-order valence-electron chi connectivity index (χ0n) is 10.1. The highest BCUT2D eigenvalue weighted by Crippen LogP contribution is 2.25. The molecular formula is C13H9F3N2O2. The first kappa shape index (κ1) is 13.9. The summed E-state index contributed by atoms with van der Waals surface area (Å²) in [7, 11) is 0. The van der Waals surface area contributed by atoms with Gasteiger partial charge >= 0.3 is 0 Å². The first-order valence-electron chi connectivity index (χ1n) is 5.59. The zero-order valence-corrected chi connectivity index (χ0v) is 10.1. The number of hydrogen-bond acceptors (Lipinski definition) is 3. The van der Waals surface area contributed by atoms with Gasteiger partial charge in [0.1, 0.15) is 11.5 Å². The number of nitrogens with zero attached hydrogens (tertiary/aromatic N) is 1. The van der Waals surface area contributed by atoms with Crippen LogP contribution in [0, 0.1) is 27.6 Å². The number of benzene rings is 2. The van der Waals surface area contributed by atoms with Crippen LogP contribution in [-0.4, -0.2) is 4.92 Å². The minimum Gasteiger partial charge on any atom is -0.376 e. The summed E-state index contributed by atoms with van der Waals surface area (Å²) in [5.74, 6) is -2.53. The number of nitro benzene ring substituents is 1. The molecule has 0 bridgehead atoms. The molecule has 4 nitrogen and oxygen atoms in total. The van der Waals surface area contributed by atoms with Crippen molar-refractivity contribution in [2.45, 2.75) is 6.54 Å². The smallest absolute Gasteiger partial charge is 0.275 e. The first-order valence-corrected chi connectivity index (χ1v) is 5.59. The molecule has 7 heteroatoms. The Kier molecular flexibility index (Phi) is 3.88. The summed E-state index contributed by atoms with van der Waals surface area (Å²) in [5, 5.41) is 12.9. The van der Waals surface area contributed by atoms with Crippen molar-refractivity contribution in [3.8, 4) is 0 Å². The summed E-state index contributed by atoms with van der Waals surface area (Å²) in [6.45, 7) is 0.0614. The fraction of sp³-hybridized carbons (Fsp3) is 0.0769. The molecule has 0 spiro atoms. The number of nitro groups is 1. The van der Waals surface area contributed by atoms with Crippen LogP contribution in [0.5, 0.6) is 0 Å². The summed E-state index contributed by atoms with van der Waals surface area (Å²) in [6.07, 6.45) is 0. The van der Waals surface area contributed by atoms with Crippen LogP contribution in [0.3, 0.4) is 0 Å². The summed E-state index contributed by atoms with van der Waals surface area (Å²) in [6, 6.07) is 6.64. The minimum absolute atomic E-state index is 0.0614. The standard InChI is InChI=1S/C13H9F3N2O2/c14-9-3-1-8(2-4-9)7-17-13-11(15)5-10(18(19)20)6-12(13)16/h1-6,17H,7H2. The molecule has 0 aliphatic carbocycles. The normalized spacial score (nSPS) is 10.3. The topological polar surface area (TPSA) is 55.2 Å². The largest absolute Gasteiger partial charge is 0.376 e. The Hall–Kier alpha value is -2.57. The number of non-ortho nitro benzene ring substituents is 1. The molecule has 0 saturated carbocycles. The minimum atomic E-state index is -1.06. The lowest BCUT2D eigenvalue weighted by atomic mass is 10.2. The molecular weight excluding hydrogens is 273 g/mol. The van der Waals surface area contributed by atoms with Gasteiger partial charge in [-0.15, -0.1) is 0 Å². The zero-order chi connectivity index (χ0) is 14.7. The quantitative estimate of drug-likeness (QED) is 0.688. The molecule has 104 valence electrons. The van der Waals surface area contributed by atoms with Gasteiger partial charge in [0.2, 0.25) is 0 Å². The molecule has 0 aromatic heterocycles. The van der Waals surface area contributed by atoms with E-state index >= 15 is 0 Å². The molecule has 1 N–H and O–H groups in total. The average molecular weight is 282 g/mol. The van der Waals surface area contributed by atoms with E-state index in [1.54, 1.807) is 0 Å². The van der Waals surface area contributed by atoms with Crippen LogP contribution >= 0.6 is 0 Å². The highest BCUT2D eigenvalue weighted by Gasteiger charge is 2.16. The van der Waals surface area contributed by atoms with Crippen molar-refractivity contribution in [1.29, 1.82) is 0 Å². The van der Waals surface area contributed by atoms with Crippen LogP contribution in [0.2, 0.25) is 0 Å². The van der Waals surface area contributed by atoms with Crippen LogP contribution in [0.25, 0.3) is 0 Å². The van der Waals surface area contributed by atoms with Crippen LogP contribution in [0.15, 0.2) is 36.4 Å². The van der Waals surface area contributed by atoms with Crippen LogP contribution in [0.4, 0.5) is 24.5 Å². The Balaban J connectivity index is 2.17. The maximum absolute atomic E-state index is 13.6. The first-order chi connectivity index (χ1) is 9.47. The molecule has 0 radical (unpaired) electrons. The SMILES string of the molecule is O=[N+]([O-])c1cc(F)c(NCc2ccc(F)cc2)c(F)c1. The predicted octanol–water partition coefficient (Wildman–Crippen LogP) is 3.62. The van der Waals surface area contributed by atoms with Crippen molar-refractivity contribution < 1.29 is 18.1 Å². The van der Waals surface area contributed by atoms with Gasteiger partial charge in [0, 0.05) is 6.54 Å². The monoisotopic (exact) mass is 282 g/mol. The Morgan fingerprint density at radius 2 is 1.60 bits per heavy atom. The third kappa shape index (κ3) is 3.05. The van der Waals surface area contributed by atoms with Crippen molar-refractivity contribution in [3.05, 3.63) is 69.5 Å². The lowest BCUT2D eigenvalue weighted by molar-refractivity contribution is -0.385. The van der Waals surface area contributed by atoms with E-state index in [9.17, 15) is 23.3 Å². The van der Waals surface area contributed by atoms with Gasteiger partial charge in [-0.1, -0.05) is 12.1 Å². The second-order valence-corrected chi connectivity index (χ2v) is 4.02. The lowest BCUT2D eigenvalue weighted by Crippen LogP contribution is -2.05. The highest BCUT2D eigenvalue weighted by molar-refractivity contribution is 5.51. The number of hydrogen-bond donors (Lipinski definition) is 1. The molecule has 0 atom stereocenters. The van der Waals surface area contributed by atoms with Gasteiger partial charge in [0.05, 0.1) is 17.1 Å². The summed E-state index contributed by atoms with van der Waals surface area (Å²) in [4.78, 5) is 9.57. The van der Waals surface area contributed by atoms with E-state index in [2.05, 4.69) is 5.32 Å². The van der Waals surface area contributed by atoms with Crippen LogP contribution in [0.1, 0.15) is 5.56 Å². The molecule has 0 saturated heterocycles. The molecule has 2 aromatic rings. The van der Waals surface area contributed by atoms with Crippen LogP contribution in [-0.2, 0) is 6.54 Å². The average Bonchev–Trinajstić information content (AvgIpc) is 2.39. The van der Waals surface area contributed by atoms with Crippen molar-refractivity contribution in [1.82, 2.24) is 0 Å². The molecule has 0 aliphatic rings. The van der Waals surface area contributed by atoms with E-state index in [1.807, 2.05) is 0 Å². The van der Waals surface area contributed by atoms with E-state index < -0.39 is 33.7 Å². The Bertz CT molecular complexity index is 622. The number of rotatable bonds is 4. The van der Waals surface area contributed by atoms with Gasteiger partial charge < -0.3 is 5.32 Å². The third-order valence-electron chi connectivity index (χ3n) is 2.62. The van der Waals surface area contributed by atoms with E-state index in [-0.39, 0.29) is 6.54 Å². The van der Waals surface area contributed by atoms with E-state index in [4.69, 9.17) is 0 Å². The lowest BCUT2D eigenvalue weighted by Gasteiger charge is -2.08. The molecule has 2 rings (SSSR count). The van der Waals surface area contributed by atoms with Crippen molar-refractivity contribution in [3.63, 3.8) is 0 Å². The molecule has 0 heterocycles. The van der Waals surface area contributed by atoms with E-state index in [0.29, 0.717) is 17.7 Å². The second kappa shape index (κ2) is 5.60. The summed E-state index contributed by atoms with van der Waals surface area (Å²) < 4.78 is 39.8. The van der Waals surface area contributed by atoms with Gasteiger partial charge in [-0.2, -0.15) is 0 Å². The second-order valence-electron chi connectivity index (χ2n) is 4.02. The van der Waals surface area contributed by atoms with E-state index in [0.717, 1.165) is 0 Å². The molecule has 20 heavy (non-hydrogen) atoms. The van der Waals surface area contributed by atoms with Crippen molar-refractivity contribution in [2.24, 2.45) is 0 Å². The highest BCUT2D eigenvalue weighted by atomic mass is 19.1. The Labute approximate surface area is 112 Å². The van der Waals surface area contributed by atoms with Gasteiger partial charge in [0.15, 0.2) is 11.6 Å². The molecule has 0 aliphatic heterocycles. The Morgan fingerprint density at radius 3 is 2.10 bits per heavy atom. The Morgan fingerprint density at radius 1 is 1.05 bits per heavy atom. The maximum Gasteiger partial charge on any atom is 0.275 e. The third-order valence-corrected chi connectivity index (χ3v) is 2.62. The number of nitrogens with one attached hydrogen (secondary N) is 1. The number of halogens is 3. The van der Waals surface area contributed by atoms with Gasteiger partial charge in [-0.25, -0.2) is 13.2 Å². The predicted molar refractivity (Wildman–Crippen MR) is 66.7 cm³/mol. The summed E-state index contributed by atoms with van der Waals surface area (Å²) >= 11 is 0.